The minimum Gasteiger partial charge on any atom is -0.309 e. The van der Waals surface area contributed by atoms with Gasteiger partial charge in [0.1, 0.15) is 0 Å². The fourth-order valence-electron chi connectivity index (χ4n) is 6.53. The van der Waals surface area contributed by atoms with Crippen LogP contribution in [0.4, 0.5) is 17.1 Å². The van der Waals surface area contributed by atoms with Gasteiger partial charge in [0.05, 0.1) is 5.69 Å². The lowest BCUT2D eigenvalue weighted by Crippen LogP contribution is -2.13. The van der Waals surface area contributed by atoms with Crippen molar-refractivity contribution in [1.29, 1.82) is 0 Å². The SMILES string of the molecule is Cc1ccc(C(c2ccc(C)cc2)c2c3ccccc3c(N(c3ccc(C)cc3)c3ccc(C)cc3)c3ccccc23)cc1. The maximum Gasteiger partial charge on any atom is 0.0618 e. The van der Waals surface area contributed by atoms with Crippen molar-refractivity contribution in [2.24, 2.45) is 0 Å². The lowest BCUT2D eigenvalue weighted by Gasteiger charge is -2.31. The highest BCUT2D eigenvalue weighted by atomic mass is 15.1. The maximum absolute atomic E-state index is 2.44. The van der Waals surface area contributed by atoms with Gasteiger partial charge in [-0.1, -0.05) is 144 Å². The minimum atomic E-state index is 0.0762. The van der Waals surface area contributed by atoms with Crippen LogP contribution in [0.2, 0.25) is 0 Å². The molecule has 0 atom stereocenters. The van der Waals surface area contributed by atoms with Crippen LogP contribution in [0.15, 0.2) is 146 Å². The molecule has 1 heteroatoms. The Kier molecular flexibility index (Phi) is 7.24. The second kappa shape index (κ2) is 11.5. The van der Waals surface area contributed by atoms with Crippen molar-refractivity contribution in [3.63, 3.8) is 0 Å². The number of nitrogens with zero attached hydrogens (tertiary/aromatic N) is 1. The van der Waals surface area contributed by atoms with E-state index in [2.05, 4.69) is 178 Å². The van der Waals surface area contributed by atoms with Crippen molar-refractivity contribution >= 4 is 38.6 Å². The molecule has 0 N–H and O–H groups in total. The molecule has 7 aromatic rings. The second-order valence-electron chi connectivity index (χ2n) is 12.1. The predicted octanol–water partition coefficient (Wildman–Crippen LogP) is 11.9. The zero-order valence-electron chi connectivity index (χ0n) is 25.9. The molecule has 0 fully saturated rings. The van der Waals surface area contributed by atoms with Gasteiger partial charge < -0.3 is 4.90 Å². The first-order valence-corrected chi connectivity index (χ1v) is 15.5. The van der Waals surface area contributed by atoms with Crippen LogP contribution in [0, 0.1) is 27.7 Å². The summed E-state index contributed by atoms with van der Waals surface area (Å²) in [5, 5.41) is 5.03. The smallest absolute Gasteiger partial charge is 0.0618 e. The summed E-state index contributed by atoms with van der Waals surface area (Å²) in [6.07, 6.45) is 0. The Morgan fingerprint density at radius 3 is 1.05 bits per heavy atom. The zero-order chi connectivity index (χ0) is 30.2. The van der Waals surface area contributed by atoms with Gasteiger partial charge in [-0.25, -0.2) is 0 Å². The Hall–Kier alpha value is -5.14. The van der Waals surface area contributed by atoms with E-state index < -0.39 is 0 Å². The standard InChI is InChI=1S/C43H37N/c1-29-13-21-33(22-14-29)41(34-23-15-30(2)16-24-34)42-37-9-5-7-11-39(37)43(40-12-8-6-10-38(40)42)44(35-25-17-31(3)18-26-35)36-27-19-32(4)20-28-36/h5-28,41H,1-4H3. The molecule has 0 unspecified atom stereocenters. The topological polar surface area (TPSA) is 3.24 Å². The van der Waals surface area contributed by atoms with E-state index in [1.54, 1.807) is 0 Å². The summed E-state index contributed by atoms with van der Waals surface area (Å²) in [5.74, 6) is 0.0762. The molecule has 0 heterocycles. The molecule has 7 rings (SSSR count). The fourth-order valence-corrected chi connectivity index (χ4v) is 6.53. The van der Waals surface area contributed by atoms with E-state index in [1.807, 2.05) is 0 Å². The fraction of sp³-hybridized carbons (Fsp3) is 0.116. The van der Waals surface area contributed by atoms with Gasteiger partial charge in [0.25, 0.3) is 0 Å². The number of aryl methyl sites for hydroxylation is 4. The third-order valence-corrected chi connectivity index (χ3v) is 8.86. The van der Waals surface area contributed by atoms with Gasteiger partial charge in [0, 0.05) is 28.1 Å². The quantitative estimate of drug-likeness (QED) is 0.143. The summed E-state index contributed by atoms with van der Waals surface area (Å²) >= 11 is 0. The number of anilines is 3. The Bertz CT molecular complexity index is 1770. The average molecular weight is 568 g/mol. The molecular formula is C43H37N. The monoisotopic (exact) mass is 567 g/mol. The van der Waals surface area contributed by atoms with Crippen molar-refractivity contribution in [3.05, 3.63) is 185 Å². The predicted molar refractivity (Wildman–Crippen MR) is 189 cm³/mol. The van der Waals surface area contributed by atoms with Crippen molar-refractivity contribution in [2.45, 2.75) is 33.6 Å². The number of fused-ring (bicyclic) bond motifs is 2. The molecule has 0 amide bonds. The Morgan fingerprint density at radius 2 is 0.682 bits per heavy atom. The Balaban J connectivity index is 1.60. The van der Waals surface area contributed by atoms with Crippen molar-refractivity contribution in [3.8, 4) is 0 Å². The van der Waals surface area contributed by atoms with Gasteiger partial charge in [-0.05, 0) is 79.4 Å². The number of hydrogen-bond donors (Lipinski definition) is 0. The normalized spacial score (nSPS) is 11.4. The van der Waals surface area contributed by atoms with Crippen LogP contribution in [0.25, 0.3) is 21.5 Å². The molecule has 0 radical (unpaired) electrons. The van der Waals surface area contributed by atoms with Gasteiger partial charge in [-0.15, -0.1) is 0 Å². The van der Waals surface area contributed by atoms with Crippen LogP contribution < -0.4 is 4.90 Å². The summed E-state index contributed by atoms with van der Waals surface area (Å²) in [5.41, 5.74) is 12.5. The zero-order valence-corrected chi connectivity index (χ0v) is 25.9. The largest absolute Gasteiger partial charge is 0.309 e. The van der Waals surface area contributed by atoms with E-state index in [9.17, 15) is 0 Å². The highest BCUT2D eigenvalue weighted by molar-refractivity contribution is 6.17. The first-order valence-electron chi connectivity index (χ1n) is 15.5. The molecule has 0 saturated heterocycles. The molecule has 0 aliphatic heterocycles. The summed E-state index contributed by atoms with van der Waals surface area (Å²) in [6, 6.07) is 54.0. The number of rotatable bonds is 6. The Labute approximate surface area is 261 Å². The molecule has 0 aliphatic rings. The summed E-state index contributed by atoms with van der Waals surface area (Å²) in [7, 11) is 0. The van der Waals surface area contributed by atoms with Crippen LogP contribution in [-0.4, -0.2) is 0 Å². The molecule has 0 bridgehead atoms. The lowest BCUT2D eigenvalue weighted by molar-refractivity contribution is 0.996. The first-order chi connectivity index (χ1) is 21.5. The van der Waals surface area contributed by atoms with Gasteiger partial charge in [0.2, 0.25) is 0 Å². The molecule has 0 spiro atoms. The van der Waals surface area contributed by atoms with E-state index in [0.717, 1.165) is 11.4 Å². The van der Waals surface area contributed by atoms with Crippen LogP contribution in [-0.2, 0) is 0 Å². The molecule has 44 heavy (non-hydrogen) atoms. The molecule has 0 saturated carbocycles. The average Bonchev–Trinajstić information content (AvgIpc) is 3.05. The lowest BCUT2D eigenvalue weighted by atomic mass is 9.79. The second-order valence-corrected chi connectivity index (χ2v) is 12.1. The molecule has 7 aromatic carbocycles. The van der Waals surface area contributed by atoms with Crippen molar-refractivity contribution in [1.82, 2.24) is 0 Å². The molecular weight excluding hydrogens is 530 g/mol. The Morgan fingerprint density at radius 1 is 0.364 bits per heavy atom. The van der Waals surface area contributed by atoms with E-state index >= 15 is 0 Å². The van der Waals surface area contributed by atoms with Crippen LogP contribution >= 0.6 is 0 Å². The van der Waals surface area contributed by atoms with Crippen LogP contribution in [0.3, 0.4) is 0 Å². The summed E-state index contributed by atoms with van der Waals surface area (Å²) in [6.45, 7) is 8.62. The molecule has 0 aromatic heterocycles. The molecule has 1 nitrogen and oxygen atoms in total. The van der Waals surface area contributed by atoms with E-state index in [-0.39, 0.29) is 5.92 Å². The summed E-state index contributed by atoms with van der Waals surface area (Å²) in [4.78, 5) is 2.44. The molecule has 214 valence electrons. The van der Waals surface area contributed by atoms with Gasteiger partial charge in [0.15, 0.2) is 0 Å². The van der Waals surface area contributed by atoms with E-state index in [0.29, 0.717) is 0 Å². The summed E-state index contributed by atoms with van der Waals surface area (Å²) < 4.78 is 0. The highest BCUT2D eigenvalue weighted by Gasteiger charge is 2.26. The van der Waals surface area contributed by atoms with Gasteiger partial charge in [-0.3, -0.25) is 0 Å². The van der Waals surface area contributed by atoms with Gasteiger partial charge in [-0.2, -0.15) is 0 Å². The van der Waals surface area contributed by atoms with Crippen LogP contribution in [0.1, 0.15) is 44.9 Å². The van der Waals surface area contributed by atoms with Crippen LogP contribution in [0.5, 0.6) is 0 Å². The van der Waals surface area contributed by atoms with Gasteiger partial charge >= 0.3 is 0 Å². The molecule has 0 aliphatic carbocycles. The van der Waals surface area contributed by atoms with Crippen molar-refractivity contribution < 1.29 is 0 Å². The third-order valence-electron chi connectivity index (χ3n) is 8.86. The highest BCUT2D eigenvalue weighted by Crippen LogP contribution is 2.49. The maximum atomic E-state index is 2.44. The third kappa shape index (κ3) is 5.05. The minimum absolute atomic E-state index is 0.0762. The number of benzene rings is 7. The van der Waals surface area contributed by atoms with E-state index in [4.69, 9.17) is 0 Å². The first kappa shape index (κ1) is 27.7. The van der Waals surface area contributed by atoms with E-state index in [1.165, 1.54) is 66.2 Å². The number of hydrogen-bond acceptors (Lipinski definition) is 1. The van der Waals surface area contributed by atoms with Crippen molar-refractivity contribution in [2.75, 3.05) is 4.90 Å².